The fraction of sp³-hybridized carbons (Fsp3) is 0.611. The summed E-state index contributed by atoms with van der Waals surface area (Å²) >= 11 is 0. The van der Waals surface area contributed by atoms with E-state index >= 15 is 0 Å². The van der Waals surface area contributed by atoms with Gasteiger partial charge in [0.25, 0.3) is 0 Å². The lowest BCUT2D eigenvalue weighted by Gasteiger charge is -2.38. The number of nitrogens with zero attached hydrogens (tertiary/aromatic N) is 4. The van der Waals surface area contributed by atoms with E-state index in [2.05, 4.69) is 35.8 Å². The Morgan fingerprint density at radius 3 is 2.52 bits per heavy atom. The smallest absolute Gasteiger partial charge is 0.331 e. The first kappa shape index (κ1) is 17.7. The van der Waals surface area contributed by atoms with E-state index < -0.39 is 11.5 Å². The molecule has 2 aromatic heterocycles. The molecule has 1 saturated heterocycles. The quantitative estimate of drug-likeness (QED) is 0.916. The molecule has 25 heavy (non-hydrogen) atoms. The zero-order valence-electron chi connectivity index (χ0n) is 15.3. The Morgan fingerprint density at radius 2 is 2.04 bits per heavy atom. The van der Waals surface area contributed by atoms with Crippen LogP contribution < -0.4 is 0 Å². The van der Waals surface area contributed by atoms with Gasteiger partial charge < -0.3 is 9.52 Å². The number of carboxylic acids is 1. The largest absolute Gasteiger partial charge is 0.479 e. The van der Waals surface area contributed by atoms with E-state index in [0.717, 1.165) is 11.4 Å². The first-order valence-corrected chi connectivity index (χ1v) is 8.64. The molecule has 0 saturated carbocycles. The van der Waals surface area contributed by atoms with Crippen LogP contribution in [-0.2, 0) is 22.3 Å². The third kappa shape index (κ3) is 3.46. The van der Waals surface area contributed by atoms with Gasteiger partial charge in [0.05, 0.1) is 11.4 Å². The first-order chi connectivity index (χ1) is 11.7. The summed E-state index contributed by atoms with van der Waals surface area (Å²) in [4.78, 5) is 18.6. The third-order valence-corrected chi connectivity index (χ3v) is 4.93. The van der Waals surface area contributed by atoms with Crippen molar-refractivity contribution in [3.8, 4) is 0 Å². The number of oxazole rings is 1. The standard InChI is InChI=1S/C18H26N4O3/c1-13-19-14(12-25-13)11-21-9-6-18(7-10-21,16(23)24)22-8-5-15(20-22)17(2,3)4/h5,8,12H,6-7,9-11H2,1-4H3,(H,23,24). The monoisotopic (exact) mass is 346 g/mol. The molecule has 1 aliphatic heterocycles. The van der Waals surface area contributed by atoms with Gasteiger partial charge in [0.15, 0.2) is 11.4 Å². The predicted molar refractivity (Wildman–Crippen MR) is 92.3 cm³/mol. The van der Waals surface area contributed by atoms with Crippen LogP contribution in [0.5, 0.6) is 0 Å². The molecule has 7 nitrogen and oxygen atoms in total. The van der Waals surface area contributed by atoms with E-state index in [0.29, 0.717) is 38.4 Å². The number of aliphatic carboxylic acids is 1. The van der Waals surface area contributed by atoms with E-state index in [1.807, 2.05) is 19.2 Å². The van der Waals surface area contributed by atoms with Gasteiger partial charge in [0, 0.05) is 38.2 Å². The van der Waals surface area contributed by atoms with Crippen LogP contribution in [0.3, 0.4) is 0 Å². The molecule has 2 aromatic rings. The second-order valence-corrected chi connectivity index (χ2v) is 7.87. The van der Waals surface area contributed by atoms with Gasteiger partial charge in [0.2, 0.25) is 0 Å². The summed E-state index contributed by atoms with van der Waals surface area (Å²) in [7, 11) is 0. The van der Waals surface area contributed by atoms with Gasteiger partial charge in [-0.05, 0) is 18.9 Å². The van der Waals surface area contributed by atoms with Crippen molar-refractivity contribution in [2.24, 2.45) is 0 Å². The van der Waals surface area contributed by atoms with Crippen molar-refractivity contribution in [3.05, 3.63) is 35.8 Å². The number of aromatic nitrogens is 3. The molecule has 1 fully saturated rings. The average molecular weight is 346 g/mol. The molecular formula is C18H26N4O3. The molecule has 0 aromatic carbocycles. The van der Waals surface area contributed by atoms with Crippen LogP contribution in [0.2, 0.25) is 0 Å². The number of hydrogen-bond acceptors (Lipinski definition) is 5. The first-order valence-electron chi connectivity index (χ1n) is 8.64. The molecule has 0 radical (unpaired) electrons. The Hall–Kier alpha value is -2.15. The van der Waals surface area contributed by atoms with Gasteiger partial charge in [-0.25, -0.2) is 9.78 Å². The molecule has 0 bridgehead atoms. The van der Waals surface area contributed by atoms with Gasteiger partial charge in [-0.1, -0.05) is 20.8 Å². The van der Waals surface area contributed by atoms with E-state index in [1.54, 1.807) is 10.9 Å². The summed E-state index contributed by atoms with van der Waals surface area (Å²) in [6.45, 7) is 10.1. The van der Waals surface area contributed by atoms with E-state index in [9.17, 15) is 9.90 Å². The Bertz CT molecular complexity index is 748. The average Bonchev–Trinajstić information content (AvgIpc) is 3.17. The fourth-order valence-electron chi connectivity index (χ4n) is 3.29. The second-order valence-electron chi connectivity index (χ2n) is 7.87. The molecule has 7 heteroatoms. The van der Waals surface area contributed by atoms with Gasteiger partial charge in [-0.15, -0.1) is 0 Å². The Kier molecular flexibility index (Phi) is 4.45. The number of carbonyl (C=O) groups is 1. The number of carboxylic acid groups (broad SMARTS) is 1. The van der Waals surface area contributed by atoms with Crippen LogP contribution in [0.25, 0.3) is 0 Å². The van der Waals surface area contributed by atoms with Crippen molar-refractivity contribution >= 4 is 5.97 Å². The number of piperidine rings is 1. The zero-order chi connectivity index (χ0) is 18.2. The summed E-state index contributed by atoms with van der Waals surface area (Å²) in [6.07, 6.45) is 4.51. The molecule has 0 aliphatic carbocycles. The van der Waals surface area contributed by atoms with Crippen molar-refractivity contribution in [1.29, 1.82) is 0 Å². The van der Waals surface area contributed by atoms with Gasteiger partial charge in [0.1, 0.15) is 6.26 Å². The van der Waals surface area contributed by atoms with Gasteiger partial charge in [-0.2, -0.15) is 5.10 Å². The Labute approximate surface area is 147 Å². The van der Waals surface area contributed by atoms with Crippen LogP contribution in [0.1, 0.15) is 50.9 Å². The molecule has 0 amide bonds. The molecule has 3 heterocycles. The minimum absolute atomic E-state index is 0.101. The number of aryl methyl sites for hydroxylation is 1. The van der Waals surface area contributed by atoms with Crippen LogP contribution >= 0.6 is 0 Å². The number of likely N-dealkylation sites (tertiary alicyclic amines) is 1. The zero-order valence-corrected chi connectivity index (χ0v) is 15.3. The SMILES string of the molecule is Cc1nc(CN2CCC(C(=O)O)(n3ccc(C(C)(C)C)n3)CC2)co1. The van der Waals surface area contributed by atoms with Crippen LogP contribution in [0, 0.1) is 6.92 Å². The van der Waals surface area contributed by atoms with E-state index in [1.165, 1.54) is 0 Å². The second kappa shape index (κ2) is 6.29. The van der Waals surface area contributed by atoms with Gasteiger partial charge >= 0.3 is 5.97 Å². The predicted octanol–water partition coefficient (Wildman–Crippen LogP) is 2.55. The molecule has 1 N–H and O–H groups in total. The highest BCUT2D eigenvalue weighted by Crippen LogP contribution is 2.32. The summed E-state index contributed by atoms with van der Waals surface area (Å²) in [5.41, 5.74) is 0.721. The molecule has 1 aliphatic rings. The molecule has 0 atom stereocenters. The minimum atomic E-state index is -0.972. The molecular weight excluding hydrogens is 320 g/mol. The van der Waals surface area contributed by atoms with Gasteiger partial charge in [-0.3, -0.25) is 9.58 Å². The van der Waals surface area contributed by atoms with Crippen molar-refractivity contribution in [2.45, 2.75) is 58.0 Å². The summed E-state index contributed by atoms with van der Waals surface area (Å²) in [5, 5.41) is 14.5. The fourth-order valence-corrected chi connectivity index (χ4v) is 3.29. The molecule has 136 valence electrons. The maximum atomic E-state index is 12.1. The lowest BCUT2D eigenvalue weighted by atomic mass is 9.87. The molecule has 0 unspecified atom stereocenters. The number of hydrogen-bond donors (Lipinski definition) is 1. The van der Waals surface area contributed by atoms with Crippen LogP contribution in [-0.4, -0.2) is 43.8 Å². The van der Waals surface area contributed by atoms with Crippen molar-refractivity contribution in [3.63, 3.8) is 0 Å². The normalized spacial score (nSPS) is 18.4. The molecule has 0 spiro atoms. The van der Waals surface area contributed by atoms with Crippen LogP contribution in [0.4, 0.5) is 0 Å². The Balaban J connectivity index is 1.75. The number of rotatable bonds is 4. The maximum absolute atomic E-state index is 12.1. The van der Waals surface area contributed by atoms with E-state index in [4.69, 9.17) is 4.42 Å². The highest BCUT2D eigenvalue weighted by molar-refractivity contribution is 5.76. The highest BCUT2D eigenvalue weighted by atomic mass is 16.4. The summed E-state index contributed by atoms with van der Waals surface area (Å²) in [6, 6.07) is 1.93. The lowest BCUT2D eigenvalue weighted by molar-refractivity contribution is -0.151. The van der Waals surface area contributed by atoms with E-state index in [-0.39, 0.29) is 5.41 Å². The Morgan fingerprint density at radius 1 is 1.36 bits per heavy atom. The van der Waals surface area contributed by atoms with Crippen molar-refractivity contribution in [2.75, 3.05) is 13.1 Å². The highest BCUT2D eigenvalue weighted by Gasteiger charge is 2.44. The topological polar surface area (TPSA) is 84.4 Å². The third-order valence-electron chi connectivity index (χ3n) is 4.93. The minimum Gasteiger partial charge on any atom is -0.479 e. The lowest BCUT2D eigenvalue weighted by Crippen LogP contribution is -2.51. The molecule has 3 rings (SSSR count). The summed E-state index contributed by atoms with van der Waals surface area (Å²) in [5.74, 6) is -0.161. The van der Waals surface area contributed by atoms with Crippen molar-refractivity contribution in [1.82, 2.24) is 19.7 Å². The summed E-state index contributed by atoms with van der Waals surface area (Å²) < 4.78 is 6.90. The maximum Gasteiger partial charge on any atom is 0.331 e. The van der Waals surface area contributed by atoms with Crippen LogP contribution in [0.15, 0.2) is 22.9 Å². The van der Waals surface area contributed by atoms with Crippen molar-refractivity contribution < 1.29 is 14.3 Å².